The molecule has 0 aliphatic carbocycles. The summed E-state index contributed by atoms with van der Waals surface area (Å²) in [6.45, 7) is 7.56. The van der Waals surface area contributed by atoms with Crippen LogP contribution in [-0.2, 0) is 0 Å². The number of rotatable bonds is 3. The van der Waals surface area contributed by atoms with Gasteiger partial charge in [0.25, 0.3) is 0 Å². The summed E-state index contributed by atoms with van der Waals surface area (Å²) in [5.41, 5.74) is 0. The molecule has 0 aromatic heterocycles. The molecule has 0 bridgehead atoms. The predicted octanol–water partition coefficient (Wildman–Crippen LogP) is 1.43. The Bertz CT molecular complexity index is 177. The highest BCUT2D eigenvalue weighted by molar-refractivity contribution is 9.06. The molecule has 106 valence electrons. The zero-order valence-electron chi connectivity index (χ0n) is 10.3. The fourth-order valence-corrected chi connectivity index (χ4v) is 30.0. The Balaban J connectivity index is 0. The maximum atomic E-state index is 2.93. The van der Waals surface area contributed by atoms with Crippen LogP contribution in [0.25, 0.3) is 0 Å². The Morgan fingerprint density at radius 2 is 1.47 bits per heavy atom. The highest BCUT2D eigenvalue weighted by Crippen LogP contribution is 3.00. The first-order valence-corrected chi connectivity index (χ1v) is 18.5. The second-order valence-electron chi connectivity index (χ2n) is 3.51. The zero-order valence-corrected chi connectivity index (χ0v) is 20.4. The molecule has 0 amide bonds. The minimum absolute atomic E-state index is 0. The maximum absolute atomic E-state index is 2.93. The maximum Gasteiger partial charge on any atom is 0.0504 e. The summed E-state index contributed by atoms with van der Waals surface area (Å²) in [6.07, 6.45) is 0. The molecule has 0 aromatic rings. The van der Waals surface area contributed by atoms with Crippen molar-refractivity contribution in [1.82, 2.24) is 9.80 Å². The lowest BCUT2D eigenvalue weighted by Crippen LogP contribution is -3.00. The third-order valence-corrected chi connectivity index (χ3v) is 40.0. The van der Waals surface area contributed by atoms with E-state index in [2.05, 4.69) is 68.4 Å². The van der Waals surface area contributed by atoms with Crippen molar-refractivity contribution in [3.05, 3.63) is 0 Å². The van der Waals surface area contributed by atoms with Gasteiger partial charge in [0.2, 0.25) is 0 Å². The van der Waals surface area contributed by atoms with Gasteiger partial charge in [0.15, 0.2) is 0 Å². The molecular weight excluding hydrogens is 428 g/mol. The molecule has 17 heavy (non-hydrogen) atoms. The van der Waals surface area contributed by atoms with Gasteiger partial charge in [0, 0.05) is 13.1 Å². The van der Waals surface area contributed by atoms with E-state index in [9.17, 15) is 0 Å². The van der Waals surface area contributed by atoms with Crippen LogP contribution in [0.15, 0.2) is 0 Å². The van der Waals surface area contributed by atoms with Crippen molar-refractivity contribution in [3.63, 3.8) is 0 Å². The summed E-state index contributed by atoms with van der Waals surface area (Å²) in [5.74, 6) is 0. The fraction of sp³-hybridized carbons (Fsp3) is 1.00. The van der Waals surface area contributed by atoms with E-state index in [0.29, 0.717) is 0 Å². The van der Waals surface area contributed by atoms with Crippen LogP contribution < -0.4 is 17.0 Å². The number of hydrogen-bond acceptors (Lipinski definition) is 2. The predicted molar refractivity (Wildman–Crippen MR) is 104 cm³/mol. The average molecular weight is 452 g/mol. The van der Waals surface area contributed by atoms with Crippen LogP contribution in [0.1, 0.15) is 6.92 Å². The van der Waals surface area contributed by atoms with Gasteiger partial charge >= 0.3 is 0 Å². The summed E-state index contributed by atoms with van der Waals surface area (Å²) in [5, 5.41) is 0. The van der Waals surface area contributed by atoms with Crippen LogP contribution in [0.4, 0.5) is 0 Å². The second kappa shape index (κ2) is 13.5. The Hall–Kier alpha value is 3.84. The van der Waals surface area contributed by atoms with Crippen LogP contribution >= 0.6 is 65.6 Å². The minimum Gasteiger partial charge on any atom is -1.00 e. The van der Waals surface area contributed by atoms with Crippen LogP contribution in [0.2, 0.25) is 0 Å². The SMILES string of the molecule is CCN1CCN(C)C1.PP(P)P(P)P(P)P.[Br-]. The van der Waals surface area contributed by atoms with Gasteiger partial charge in [0.1, 0.15) is 0 Å². The third-order valence-electron chi connectivity index (χ3n) is 2.16. The highest BCUT2D eigenvalue weighted by Gasteiger charge is 2.12. The van der Waals surface area contributed by atoms with Gasteiger partial charge < -0.3 is 17.0 Å². The molecule has 1 aliphatic rings. The van der Waals surface area contributed by atoms with E-state index in [-0.39, 0.29) is 37.9 Å². The molecule has 0 radical (unpaired) electrons. The van der Waals surface area contributed by atoms with E-state index in [0.717, 1.165) is 6.67 Å². The molecule has 11 heteroatoms. The average Bonchev–Trinajstić information content (AvgIpc) is 2.63. The van der Waals surface area contributed by atoms with Gasteiger partial charge in [-0.05, 0) is 34.6 Å². The zero-order chi connectivity index (χ0) is 12.7. The molecular formula is C6H24BrN2P8-. The molecule has 5 atom stereocenters. The molecule has 0 spiro atoms. The lowest BCUT2D eigenvalue weighted by atomic mass is 10.6. The van der Waals surface area contributed by atoms with Gasteiger partial charge in [-0.2, -0.15) is 0 Å². The number of likely N-dealkylation sites (N-methyl/N-ethyl adjacent to an activating group) is 2. The van der Waals surface area contributed by atoms with Crippen molar-refractivity contribution in [2.75, 3.05) is 33.4 Å². The molecule has 5 unspecified atom stereocenters. The minimum atomic E-state index is 0. The van der Waals surface area contributed by atoms with Crippen LogP contribution in [0.5, 0.6) is 0 Å². The lowest BCUT2D eigenvalue weighted by Gasteiger charge is -2.18. The Morgan fingerprint density at radius 3 is 1.59 bits per heavy atom. The summed E-state index contributed by atoms with van der Waals surface area (Å²) >= 11 is 0. The molecule has 1 heterocycles. The van der Waals surface area contributed by atoms with E-state index in [1.807, 2.05) is 0 Å². The molecule has 1 fully saturated rings. The van der Waals surface area contributed by atoms with Crippen LogP contribution in [-0.4, -0.2) is 43.2 Å². The van der Waals surface area contributed by atoms with Crippen molar-refractivity contribution >= 4 is 65.6 Å². The molecule has 1 saturated heterocycles. The normalized spacial score (nSPS) is 17.3. The lowest BCUT2D eigenvalue weighted by molar-refractivity contribution is -0.00000277. The van der Waals surface area contributed by atoms with Crippen molar-refractivity contribution in [3.8, 4) is 0 Å². The molecule has 0 saturated carbocycles. The van der Waals surface area contributed by atoms with Crippen LogP contribution in [0, 0.1) is 0 Å². The monoisotopic (exact) mass is 451 g/mol. The standard InChI is InChI=1S/C6H14N2.BrH.H10P8/c1-3-8-5-4-7(2)6-8;;1-6(2)8(5)7(3)4/h3-6H2,1-2H3;1H;1-5H2/p-1. The van der Waals surface area contributed by atoms with Gasteiger partial charge in [-0.25, -0.2) is 0 Å². The second-order valence-corrected chi connectivity index (χ2v) is 31.6. The topological polar surface area (TPSA) is 6.48 Å². The Morgan fingerprint density at radius 1 is 1.00 bits per heavy atom. The first kappa shape index (κ1) is 23.1. The van der Waals surface area contributed by atoms with Gasteiger partial charge in [-0.1, -0.05) is 6.92 Å². The molecule has 1 aliphatic heterocycles. The highest BCUT2D eigenvalue weighted by atomic mass is 79.9. The fourth-order valence-electron chi connectivity index (χ4n) is 1.17. The van der Waals surface area contributed by atoms with Gasteiger partial charge in [-0.3, -0.25) is 9.80 Å². The summed E-state index contributed by atoms with van der Waals surface area (Å²) in [7, 11) is 16.6. The summed E-state index contributed by atoms with van der Waals surface area (Å²) < 4.78 is 0. The summed E-state index contributed by atoms with van der Waals surface area (Å²) in [4.78, 5) is 4.77. The number of hydrogen-bond donors (Lipinski definition) is 0. The van der Waals surface area contributed by atoms with Crippen molar-refractivity contribution in [2.24, 2.45) is 0 Å². The number of nitrogens with zero attached hydrogens (tertiary/aromatic N) is 2. The first-order chi connectivity index (χ1) is 7.38. The molecule has 0 N–H and O–H groups in total. The van der Waals surface area contributed by atoms with E-state index < -0.39 is 0 Å². The molecule has 1 rings (SSSR count). The largest absolute Gasteiger partial charge is 1.00 e. The Labute approximate surface area is 132 Å². The molecule has 0 aromatic carbocycles. The summed E-state index contributed by atoms with van der Waals surface area (Å²) in [6, 6.07) is 0. The van der Waals surface area contributed by atoms with E-state index in [4.69, 9.17) is 0 Å². The van der Waals surface area contributed by atoms with Gasteiger partial charge in [-0.15, -0.1) is 44.6 Å². The Kier molecular flexibility index (Phi) is 18.4. The smallest absolute Gasteiger partial charge is 0.0504 e. The van der Waals surface area contributed by atoms with E-state index in [1.165, 1.54) is 19.6 Å². The molecule has 2 nitrogen and oxygen atoms in total. The first-order valence-electron chi connectivity index (χ1n) is 4.93. The van der Waals surface area contributed by atoms with E-state index >= 15 is 0 Å². The quantitative estimate of drug-likeness (QED) is 0.599. The van der Waals surface area contributed by atoms with Crippen molar-refractivity contribution in [2.45, 2.75) is 6.92 Å². The van der Waals surface area contributed by atoms with Crippen LogP contribution in [0.3, 0.4) is 0 Å². The van der Waals surface area contributed by atoms with Crippen molar-refractivity contribution < 1.29 is 17.0 Å². The number of halogens is 1. The third kappa shape index (κ3) is 12.1. The van der Waals surface area contributed by atoms with Gasteiger partial charge in [0.05, 0.1) is 6.67 Å². The van der Waals surface area contributed by atoms with E-state index in [1.54, 1.807) is 0 Å². The van der Waals surface area contributed by atoms with Crippen molar-refractivity contribution in [1.29, 1.82) is 0 Å².